The maximum absolute atomic E-state index is 13.0. The minimum absolute atomic E-state index is 0.218. The monoisotopic (exact) mass is 400 g/mol. The highest BCUT2D eigenvalue weighted by molar-refractivity contribution is 6.05. The van der Waals surface area contributed by atoms with Gasteiger partial charge in [-0.25, -0.2) is 9.67 Å². The third-order valence-electron chi connectivity index (χ3n) is 4.42. The Hall–Kier alpha value is -3.62. The van der Waals surface area contributed by atoms with E-state index < -0.39 is 17.6 Å². The van der Waals surface area contributed by atoms with Crippen LogP contribution in [0.5, 0.6) is 0 Å². The van der Waals surface area contributed by atoms with Crippen LogP contribution in [-0.2, 0) is 6.18 Å². The zero-order valence-corrected chi connectivity index (χ0v) is 15.4. The molecule has 1 amide bonds. The number of nitrogens with one attached hydrogen (secondary N) is 1. The van der Waals surface area contributed by atoms with Gasteiger partial charge in [-0.15, -0.1) is 0 Å². The predicted molar refractivity (Wildman–Crippen MR) is 100 cm³/mol. The first-order valence-electron chi connectivity index (χ1n) is 8.63. The number of nitrogens with zero attached hydrogens (tertiary/aromatic N) is 3. The van der Waals surface area contributed by atoms with Gasteiger partial charge in [0.15, 0.2) is 11.5 Å². The number of hydrogen-bond acceptors (Lipinski definition) is 4. The van der Waals surface area contributed by atoms with Gasteiger partial charge in [0.25, 0.3) is 5.91 Å². The van der Waals surface area contributed by atoms with E-state index in [1.807, 2.05) is 0 Å². The largest absolute Gasteiger partial charge is 0.441 e. The summed E-state index contributed by atoms with van der Waals surface area (Å²) in [5.74, 6) is 0.0852. The van der Waals surface area contributed by atoms with Gasteiger partial charge in [0.1, 0.15) is 5.52 Å². The van der Waals surface area contributed by atoms with Crippen LogP contribution in [0.15, 0.2) is 53.1 Å². The van der Waals surface area contributed by atoms with E-state index in [-0.39, 0.29) is 11.3 Å². The molecule has 9 heteroatoms. The molecule has 0 aliphatic rings. The molecule has 0 bridgehead atoms. The Bertz CT molecular complexity index is 1220. The van der Waals surface area contributed by atoms with Crippen LogP contribution < -0.4 is 5.32 Å². The van der Waals surface area contributed by atoms with Gasteiger partial charge in [-0.05, 0) is 43.3 Å². The second-order valence-electron chi connectivity index (χ2n) is 6.47. The summed E-state index contributed by atoms with van der Waals surface area (Å²) in [7, 11) is 0. The SMILES string of the molecule is Cc1nc2cc(NC(=O)c3cnn(-c4cccc(C(F)(F)F)c4)c3C)ccc2o1. The summed E-state index contributed by atoms with van der Waals surface area (Å²) >= 11 is 0. The fourth-order valence-electron chi connectivity index (χ4n) is 3.03. The topological polar surface area (TPSA) is 73.0 Å². The van der Waals surface area contributed by atoms with E-state index in [1.54, 1.807) is 32.0 Å². The number of halogens is 3. The van der Waals surface area contributed by atoms with Crippen molar-refractivity contribution >= 4 is 22.7 Å². The second kappa shape index (κ2) is 6.77. The van der Waals surface area contributed by atoms with Gasteiger partial charge in [0, 0.05) is 12.6 Å². The van der Waals surface area contributed by atoms with Crippen LogP contribution >= 0.6 is 0 Å². The average Bonchev–Trinajstić information content (AvgIpc) is 3.22. The third kappa shape index (κ3) is 3.58. The van der Waals surface area contributed by atoms with Gasteiger partial charge in [0.2, 0.25) is 0 Å². The number of oxazole rings is 1. The van der Waals surface area contributed by atoms with Crippen LogP contribution in [0, 0.1) is 13.8 Å². The van der Waals surface area contributed by atoms with E-state index in [1.165, 1.54) is 23.0 Å². The van der Waals surface area contributed by atoms with Crippen LogP contribution in [0.3, 0.4) is 0 Å². The minimum atomic E-state index is -4.46. The molecule has 0 radical (unpaired) electrons. The van der Waals surface area contributed by atoms with Crippen molar-refractivity contribution in [3.8, 4) is 5.69 Å². The Morgan fingerprint density at radius 1 is 1.14 bits per heavy atom. The van der Waals surface area contributed by atoms with Crippen molar-refractivity contribution in [3.63, 3.8) is 0 Å². The zero-order valence-electron chi connectivity index (χ0n) is 15.4. The first-order chi connectivity index (χ1) is 13.7. The Morgan fingerprint density at radius 2 is 1.93 bits per heavy atom. The normalized spacial score (nSPS) is 11.8. The molecule has 0 atom stereocenters. The lowest BCUT2D eigenvalue weighted by atomic mass is 10.2. The van der Waals surface area contributed by atoms with Crippen LogP contribution in [0.1, 0.15) is 27.5 Å². The number of hydrogen-bond donors (Lipinski definition) is 1. The summed E-state index contributed by atoms with van der Waals surface area (Å²) in [5.41, 5.74) is 1.83. The number of anilines is 1. The molecule has 4 aromatic rings. The average molecular weight is 400 g/mol. The van der Waals surface area contributed by atoms with E-state index in [0.29, 0.717) is 28.4 Å². The number of benzene rings is 2. The van der Waals surface area contributed by atoms with Crippen LogP contribution in [0.4, 0.5) is 18.9 Å². The number of rotatable bonds is 3. The van der Waals surface area contributed by atoms with E-state index >= 15 is 0 Å². The summed E-state index contributed by atoms with van der Waals surface area (Å²) in [6.07, 6.45) is -3.14. The molecule has 29 heavy (non-hydrogen) atoms. The van der Waals surface area contributed by atoms with Crippen molar-refractivity contribution in [2.24, 2.45) is 0 Å². The van der Waals surface area contributed by atoms with Crippen molar-refractivity contribution in [2.75, 3.05) is 5.32 Å². The molecule has 148 valence electrons. The summed E-state index contributed by atoms with van der Waals surface area (Å²) < 4.78 is 45.6. The number of carbonyl (C=O) groups excluding carboxylic acids is 1. The number of alkyl halides is 3. The third-order valence-corrected chi connectivity index (χ3v) is 4.42. The van der Waals surface area contributed by atoms with Gasteiger partial charge in [-0.1, -0.05) is 6.07 Å². The number of aryl methyl sites for hydroxylation is 1. The lowest BCUT2D eigenvalue weighted by Gasteiger charge is -2.10. The van der Waals surface area contributed by atoms with Crippen molar-refractivity contribution in [2.45, 2.75) is 20.0 Å². The molecule has 2 heterocycles. The highest BCUT2D eigenvalue weighted by atomic mass is 19.4. The van der Waals surface area contributed by atoms with E-state index in [0.717, 1.165) is 12.1 Å². The Kier molecular flexibility index (Phi) is 4.37. The zero-order chi connectivity index (χ0) is 20.8. The second-order valence-corrected chi connectivity index (χ2v) is 6.47. The van der Waals surface area contributed by atoms with E-state index in [9.17, 15) is 18.0 Å². The summed E-state index contributed by atoms with van der Waals surface area (Å²) in [6, 6.07) is 9.82. The van der Waals surface area contributed by atoms with Crippen molar-refractivity contribution < 1.29 is 22.4 Å². The first kappa shape index (κ1) is 18.7. The van der Waals surface area contributed by atoms with Crippen molar-refractivity contribution in [3.05, 3.63) is 71.4 Å². The van der Waals surface area contributed by atoms with Crippen LogP contribution in [-0.4, -0.2) is 20.7 Å². The number of aromatic nitrogens is 3. The van der Waals surface area contributed by atoms with Gasteiger partial charge in [-0.3, -0.25) is 4.79 Å². The standard InChI is InChI=1S/C20H15F3N4O2/c1-11-16(10-24-27(11)15-5-3-4-13(8-15)20(21,22)23)19(28)26-14-6-7-18-17(9-14)25-12(2)29-18/h3-10H,1-2H3,(H,26,28). The quantitative estimate of drug-likeness (QED) is 0.531. The Balaban J connectivity index is 1.61. The summed E-state index contributed by atoms with van der Waals surface area (Å²) in [5, 5.41) is 6.83. The van der Waals surface area contributed by atoms with Crippen LogP contribution in [0.25, 0.3) is 16.8 Å². The van der Waals surface area contributed by atoms with E-state index in [2.05, 4.69) is 15.4 Å². The minimum Gasteiger partial charge on any atom is -0.441 e. The maximum Gasteiger partial charge on any atom is 0.416 e. The van der Waals surface area contributed by atoms with Crippen LogP contribution in [0.2, 0.25) is 0 Å². The molecule has 0 fully saturated rings. The predicted octanol–water partition coefficient (Wildman–Crippen LogP) is 4.90. The first-order valence-corrected chi connectivity index (χ1v) is 8.63. The highest BCUT2D eigenvalue weighted by Gasteiger charge is 2.30. The molecule has 1 N–H and O–H groups in total. The molecule has 0 aliphatic carbocycles. The molecule has 2 aromatic heterocycles. The lowest BCUT2D eigenvalue weighted by molar-refractivity contribution is -0.137. The maximum atomic E-state index is 13.0. The van der Waals surface area contributed by atoms with Gasteiger partial charge < -0.3 is 9.73 Å². The highest BCUT2D eigenvalue weighted by Crippen LogP contribution is 2.30. The van der Waals surface area contributed by atoms with Crippen molar-refractivity contribution in [1.82, 2.24) is 14.8 Å². The van der Waals surface area contributed by atoms with Crippen molar-refractivity contribution in [1.29, 1.82) is 0 Å². The molecule has 0 saturated carbocycles. The molecule has 2 aromatic carbocycles. The van der Waals surface area contributed by atoms with Gasteiger partial charge in [0.05, 0.1) is 28.7 Å². The fourth-order valence-corrected chi connectivity index (χ4v) is 3.03. The Morgan fingerprint density at radius 3 is 2.69 bits per heavy atom. The summed E-state index contributed by atoms with van der Waals surface area (Å²) in [6.45, 7) is 3.34. The molecule has 6 nitrogen and oxygen atoms in total. The molecule has 0 spiro atoms. The molecular weight excluding hydrogens is 385 g/mol. The number of fused-ring (bicyclic) bond motifs is 1. The summed E-state index contributed by atoms with van der Waals surface area (Å²) in [4.78, 5) is 16.9. The molecule has 0 unspecified atom stereocenters. The molecule has 4 rings (SSSR count). The van der Waals surface area contributed by atoms with E-state index in [4.69, 9.17) is 4.42 Å². The van der Waals surface area contributed by atoms with Gasteiger partial charge >= 0.3 is 6.18 Å². The molecular formula is C20H15F3N4O2. The number of amides is 1. The smallest absolute Gasteiger partial charge is 0.416 e. The Labute approximate surface area is 163 Å². The number of carbonyl (C=O) groups is 1. The molecule has 0 saturated heterocycles. The van der Waals surface area contributed by atoms with Gasteiger partial charge in [-0.2, -0.15) is 18.3 Å². The fraction of sp³-hybridized carbons (Fsp3) is 0.150. The molecule has 0 aliphatic heterocycles. The lowest BCUT2D eigenvalue weighted by Crippen LogP contribution is -2.13.